The van der Waals surface area contributed by atoms with Crippen molar-refractivity contribution in [2.24, 2.45) is 0 Å². The fraction of sp³-hybridized carbons (Fsp3) is 0.0833. The second-order valence-corrected chi connectivity index (χ2v) is 4.62. The Kier molecular flexibility index (Phi) is 3.69. The molecule has 18 heavy (non-hydrogen) atoms. The number of hydrogen-bond donors (Lipinski definition) is 2. The van der Waals surface area contributed by atoms with Crippen molar-refractivity contribution in [2.75, 3.05) is 0 Å². The molecule has 0 spiro atoms. The first kappa shape index (κ1) is 12.7. The first-order valence-electron chi connectivity index (χ1n) is 5.07. The molecule has 1 atom stereocenters. The Balaban J connectivity index is 2.28. The molecule has 0 saturated heterocycles. The van der Waals surface area contributed by atoms with E-state index in [0.717, 1.165) is 0 Å². The highest BCUT2D eigenvalue weighted by Crippen LogP contribution is 2.23. The standard InChI is InChI=1S/C12H10FNO3S/c13-10-5-9(2-4-12(10)15)11-3-1-8(6-14-11)7-18(16)17/h1-6,15H,7H2,(H,16,17). The Morgan fingerprint density at radius 3 is 2.61 bits per heavy atom. The lowest BCUT2D eigenvalue weighted by Gasteiger charge is -2.03. The van der Waals surface area contributed by atoms with Crippen LogP contribution in [0.1, 0.15) is 5.56 Å². The number of halogens is 1. The lowest BCUT2D eigenvalue weighted by molar-refractivity contribution is 0.432. The second kappa shape index (κ2) is 5.24. The van der Waals surface area contributed by atoms with E-state index in [1.807, 2.05) is 0 Å². The average Bonchev–Trinajstić information content (AvgIpc) is 2.33. The van der Waals surface area contributed by atoms with Gasteiger partial charge in [-0.15, -0.1) is 0 Å². The van der Waals surface area contributed by atoms with Gasteiger partial charge in [-0.2, -0.15) is 0 Å². The molecule has 4 nitrogen and oxygen atoms in total. The van der Waals surface area contributed by atoms with Gasteiger partial charge in [0.2, 0.25) is 0 Å². The molecule has 94 valence electrons. The summed E-state index contributed by atoms with van der Waals surface area (Å²) in [6.07, 6.45) is 1.47. The lowest BCUT2D eigenvalue weighted by Crippen LogP contribution is -1.94. The number of aromatic nitrogens is 1. The van der Waals surface area contributed by atoms with E-state index < -0.39 is 22.6 Å². The molecule has 2 aromatic rings. The van der Waals surface area contributed by atoms with Crippen molar-refractivity contribution in [3.05, 3.63) is 47.9 Å². The van der Waals surface area contributed by atoms with Gasteiger partial charge < -0.3 is 9.66 Å². The minimum atomic E-state index is -1.91. The molecule has 0 aliphatic rings. The first-order chi connectivity index (χ1) is 8.56. The molecule has 1 unspecified atom stereocenters. The quantitative estimate of drug-likeness (QED) is 0.837. The number of phenolic OH excluding ortho intramolecular Hbond substituents is 1. The van der Waals surface area contributed by atoms with Crippen molar-refractivity contribution >= 4 is 11.1 Å². The zero-order chi connectivity index (χ0) is 13.1. The zero-order valence-electron chi connectivity index (χ0n) is 9.21. The number of aromatic hydroxyl groups is 1. The summed E-state index contributed by atoms with van der Waals surface area (Å²) >= 11 is -1.91. The Morgan fingerprint density at radius 1 is 1.28 bits per heavy atom. The minimum absolute atomic E-state index is 0.0111. The molecule has 2 rings (SSSR count). The molecule has 6 heteroatoms. The number of hydrogen-bond acceptors (Lipinski definition) is 3. The van der Waals surface area contributed by atoms with E-state index in [-0.39, 0.29) is 5.75 Å². The summed E-state index contributed by atoms with van der Waals surface area (Å²) in [5.41, 5.74) is 1.68. The number of nitrogens with zero attached hydrogens (tertiary/aromatic N) is 1. The monoisotopic (exact) mass is 267 g/mol. The van der Waals surface area contributed by atoms with Gasteiger partial charge >= 0.3 is 0 Å². The molecule has 2 N–H and O–H groups in total. The van der Waals surface area contributed by atoms with Crippen molar-refractivity contribution in [2.45, 2.75) is 5.75 Å². The zero-order valence-corrected chi connectivity index (χ0v) is 10.0. The van der Waals surface area contributed by atoms with E-state index in [1.54, 1.807) is 18.2 Å². The predicted octanol–water partition coefficient (Wildman–Crippen LogP) is 2.32. The largest absolute Gasteiger partial charge is 0.505 e. The summed E-state index contributed by atoms with van der Waals surface area (Å²) in [5.74, 6) is -1.11. The third kappa shape index (κ3) is 2.91. The highest BCUT2D eigenvalue weighted by Gasteiger charge is 2.05. The molecule has 0 aliphatic heterocycles. The van der Waals surface area contributed by atoms with Crippen molar-refractivity contribution in [1.82, 2.24) is 4.98 Å². The Bertz CT molecular complexity index is 586. The fourth-order valence-electron chi connectivity index (χ4n) is 1.49. The molecule has 0 saturated carbocycles. The van der Waals surface area contributed by atoms with Crippen LogP contribution < -0.4 is 0 Å². The van der Waals surface area contributed by atoms with Gasteiger partial charge in [-0.05, 0) is 29.8 Å². The summed E-state index contributed by atoms with van der Waals surface area (Å²) in [6, 6.07) is 7.27. The SMILES string of the molecule is O=S(O)Cc1ccc(-c2ccc(O)c(F)c2)nc1. The second-order valence-electron chi connectivity index (χ2n) is 3.68. The van der Waals surface area contributed by atoms with Gasteiger partial charge in [-0.25, -0.2) is 8.60 Å². The molecule has 1 aromatic heterocycles. The minimum Gasteiger partial charge on any atom is -0.505 e. The third-order valence-corrected chi connectivity index (χ3v) is 2.94. The summed E-state index contributed by atoms with van der Waals surface area (Å²) in [5, 5.41) is 9.08. The fourth-order valence-corrected chi connectivity index (χ4v) is 1.95. The van der Waals surface area contributed by atoms with Crippen molar-refractivity contribution in [1.29, 1.82) is 0 Å². The van der Waals surface area contributed by atoms with E-state index in [1.165, 1.54) is 18.3 Å². The van der Waals surface area contributed by atoms with Gasteiger partial charge in [0.05, 0.1) is 11.4 Å². The van der Waals surface area contributed by atoms with E-state index in [9.17, 15) is 8.60 Å². The molecular weight excluding hydrogens is 257 g/mol. The van der Waals surface area contributed by atoms with E-state index >= 15 is 0 Å². The molecule has 1 heterocycles. The van der Waals surface area contributed by atoms with Crippen LogP contribution in [-0.4, -0.2) is 18.9 Å². The average molecular weight is 267 g/mol. The molecule has 0 amide bonds. The highest BCUT2D eigenvalue weighted by atomic mass is 32.2. The summed E-state index contributed by atoms with van der Waals surface area (Å²) in [7, 11) is 0. The predicted molar refractivity (Wildman–Crippen MR) is 65.8 cm³/mol. The Morgan fingerprint density at radius 2 is 2.06 bits per heavy atom. The van der Waals surface area contributed by atoms with Crippen LogP contribution in [0.3, 0.4) is 0 Å². The molecule has 1 aromatic carbocycles. The maximum atomic E-state index is 13.2. The number of pyridine rings is 1. The van der Waals surface area contributed by atoms with Crippen molar-refractivity contribution < 1.29 is 18.3 Å². The molecule has 0 bridgehead atoms. The van der Waals surface area contributed by atoms with Gasteiger partial charge in [0.1, 0.15) is 0 Å². The van der Waals surface area contributed by atoms with Crippen LogP contribution in [0.15, 0.2) is 36.5 Å². The smallest absolute Gasteiger partial charge is 0.165 e. The van der Waals surface area contributed by atoms with Crippen LogP contribution >= 0.6 is 0 Å². The lowest BCUT2D eigenvalue weighted by atomic mass is 10.1. The van der Waals surface area contributed by atoms with Crippen LogP contribution in [0, 0.1) is 5.82 Å². The first-order valence-corrected chi connectivity index (χ1v) is 6.35. The molecule has 0 radical (unpaired) electrons. The maximum Gasteiger partial charge on any atom is 0.165 e. The van der Waals surface area contributed by atoms with Gasteiger partial charge in [-0.3, -0.25) is 4.98 Å². The molecular formula is C12H10FNO3S. The summed E-state index contributed by atoms with van der Waals surface area (Å²) in [4.78, 5) is 4.08. The van der Waals surface area contributed by atoms with Gasteiger partial charge in [0, 0.05) is 11.8 Å². The summed E-state index contributed by atoms with van der Waals surface area (Å²) in [6.45, 7) is 0. The van der Waals surface area contributed by atoms with Crippen LogP contribution in [-0.2, 0) is 16.8 Å². The van der Waals surface area contributed by atoms with E-state index in [2.05, 4.69) is 4.98 Å². The molecule has 0 fully saturated rings. The number of phenols is 1. The normalized spacial score (nSPS) is 12.3. The van der Waals surface area contributed by atoms with Gasteiger partial charge in [0.15, 0.2) is 22.6 Å². The van der Waals surface area contributed by atoms with Crippen LogP contribution in [0.2, 0.25) is 0 Å². The van der Waals surface area contributed by atoms with Crippen molar-refractivity contribution in [3.8, 4) is 17.0 Å². The van der Waals surface area contributed by atoms with Crippen LogP contribution in [0.4, 0.5) is 4.39 Å². The van der Waals surface area contributed by atoms with Crippen LogP contribution in [0.5, 0.6) is 5.75 Å². The third-order valence-electron chi connectivity index (χ3n) is 2.36. The van der Waals surface area contributed by atoms with Gasteiger partial charge in [0.25, 0.3) is 0 Å². The Hall–Kier alpha value is -1.79. The molecule has 0 aliphatic carbocycles. The number of benzene rings is 1. The maximum absolute atomic E-state index is 13.2. The van der Waals surface area contributed by atoms with Gasteiger partial charge in [-0.1, -0.05) is 6.07 Å². The van der Waals surface area contributed by atoms with E-state index in [4.69, 9.17) is 9.66 Å². The van der Waals surface area contributed by atoms with E-state index in [0.29, 0.717) is 16.8 Å². The Labute approximate surface area is 105 Å². The topological polar surface area (TPSA) is 70.4 Å². The number of rotatable bonds is 3. The van der Waals surface area contributed by atoms with Crippen LogP contribution in [0.25, 0.3) is 11.3 Å². The highest BCUT2D eigenvalue weighted by molar-refractivity contribution is 7.78. The summed E-state index contributed by atoms with van der Waals surface area (Å²) < 4.78 is 32.5. The van der Waals surface area contributed by atoms with Crippen molar-refractivity contribution in [3.63, 3.8) is 0 Å².